The summed E-state index contributed by atoms with van der Waals surface area (Å²) in [5.74, 6) is 0.493. The first-order valence-corrected chi connectivity index (χ1v) is 9.66. The molecule has 4 rings (SSSR count). The molecule has 3 aromatic rings. The van der Waals surface area contributed by atoms with E-state index in [1.165, 1.54) is 14.2 Å². The van der Waals surface area contributed by atoms with Crippen molar-refractivity contribution >= 4 is 17.6 Å². The molecule has 0 atom stereocenters. The van der Waals surface area contributed by atoms with Crippen LogP contribution in [0.4, 0.5) is 5.69 Å². The van der Waals surface area contributed by atoms with Crippen LogP contribution in [-0.2, 0) is 9.53 Å². The van der Waals surface area contributed by atoms with E-state index in [0.29, 0.717) is 34.6 Å². The Morgan fingerprint density at radius 3 is 2.71 bits per heavy atom. The number of tetrazole rings is 1. The van der Waals surface area contributed by atoms with Gasteiger partial charge in [0, 0.05) is 16.8 Å². The molecule has 1 N–H and O–H groups in total. The topological polar surface area (TPSA) is 117 Å². The molecule has 10 nitrogen and oxygen atoms in total. The van der Waals surface area contributed by atoms with Gasteiger partial charge in [0.2, 0.25) is 0 Å². The minimum atomic E-state index is -0.517. The zero-order valence-electron chi connectivity index (χ0n) is 17.1. The molecule has 0 saturated heterocycles. The average molecular weight is 423 g/mol. The molecular formula is C21H21N5O5. The molecule has 0 aliphatic heterocycles. The zero-order valence-corrected chi connectivity index (χ0v) is 17.1. The summed E-state index contributed by atoms with van der Waals surface area (Å²) in [4.78, 5) is 24.0. The molecular weight excluding hydrogens is 402 g/mol. The molecule has 1 amide bonds. The van der Waals surface area contributed by atoms with E-state index < -0.39 is 5.97 Å². The highest BCUT2D eigenvalue weighted by Crippen LogP contribution is 2.37. The third kappa shape index (κ3) is 4.63. The van der Waals surface area contributed by atoms with Crippen molar-refractivity contribution in [2.24, 2.45) is 0 Å². The molecule has 0 unspecified atom stereocenters. The van der Waals surface area contributed by atoms with Gasteiger partial charge in [-0.3, -0.25) is 4.79 Å². The first-order valence-electron chi connectivity index (χ1n) is 9.66. The first kappa shape index (κ1) is 20.3. The van der Waals surface area contributed by atoms with Gasteiger partial charge in [0.25, 0.3) is 5.91 Å². The summed E-state index contributed by atoms with van der Waals surface area (Å²) in [5.41, 5.74) is 1.80. The molecule has 1 aliphatic rings. The highest BCUT2D eigenvalue weighted by molar-refractivity contribution is 6.04. The van der Waals surface area contributed by atoms with Crippen molar-refractivity contribution in [2.75, 3.05) is 26.1 Å². The first-order chi connectivity index (χ1) is 15.1. The average Bonchev–Trinajstić information content (AvgIpc) is 3.53. The van der Waals surface area contributed by atoms with Gasteiger partial charge in [-0.1, -0.05) is 12.1 Å². The van der Waals surface area contributed by atoms with Crippen molar-refractivity contribution in [2.45, 2.75) is 18.9 Å². The van der Waals surface area contributed by atoms with E-state index in [-0.39, 0.29) is 12.5 Å². The predicted molar refractivity (Wildman–Crippen MR) is 110 cm³/mol. The number of carbonyl (C=O) groups excluding carboxylic acids is 2. The van der Waals surface area contributed by atoms with Crippen molar-refractivity contribution in [1.29, 1.82) is 0 Å². The summed E-state index contributed by atoms with van der Waals surface area (Å²) >= 11 is 0. The number of rotatable bonds is 8. The summed E-state index contributed by atoms with van der Waals surface area (Å²) < 4.78 is 17.0. The minimum Gasteiger partial charge on any atom is -0.493 e. The third-order valence-electron chi connectivity index (χ3n) is 4.76. The second-order valence-corrected chi connectivity index (χ2v) is 6.94. The summed E-state index contributed by atoms with van der Waals surface area (Å²) in [7, 11) is 2.73. The van der Waals surface area contributed by atoms with Gasteiger partial charge in [-0.05, 0) is 53.6 Å². The molecule has 1 aliphatic carbocycles. The van der Waals surface area contributed by atoms with Crippen LogP contribution in [0.2, 0.25) is 0 Å². The number of hydrogen-bond acceptors (Lipinski definition) is 8. The van der Waals surface area contributed by atoms with Crippen molar-refractivity contribution < 1.29 is 23.8 Å². The number of anilines is 1. The van der Waals surface area contributed by atoms with Crippen molar-refractivity contribution in [3.05, 3.63) is 48.0 Å². The Bertz CT molecular complexity index is 1110. The van der Waals surface area contributed by atoms with Crippen molar-refractivity contribution in [3.63, 3.8) is 0 Å². The van der Waals surface area contributed by atoms with Crippen LogP contribution in [-0.4, -0.2) is 52.9 Å². The van der Waals surface area contributed by atoms with E-state index >= 15 is 0 Å². The Kier molecular flexibility index (Phi) is 5.78. The fourth-order valence-corrected chi connectivity index (χ4v) is 3.01. The van der Waals surface area contributed by atoms with Gasteiger partial charge in [0.05, 0.1) is 20.3 Å². The van der Waals surface area contributed by atoms with Crippen LogP contribution in [0.5, 0.6) is 11.5 Å². The van der Waals surface area contributed by atoms with Crippen LogP contribution in [0.15, 0.2) is 42.5 Å². The number of nitrogens with zero attached hydrogens (tertiary/aromatic N) is 4. The number of carbonyl (C=O) groups is 2. The van der Waals surface area contributed by atoms with E-state index in [1.54, 1.807) is 24.3 Å². The maximum absolute atomic E-state index is 12.8. The summed E-state index contributed by atoms with van der Waals surface area (Å²) in [5, 5.41) is 14.8. The summed E-state index contributed by atoms with van der Waals surface area (Å²) in [6.45, 7) is -0.258. The van der Waals surface area contributed by atoms with E-state index in [1.807, 2.05) is 22.9 Å². The van der Waals surface area contributed by atoms with Crippen LogP contribution in [0.1, 0.15) is 29.2 Å². The smallest absolute Gasteiger partial charge is 0.343 e. The van der Waals surface area contributed by atoms with Gasteiger partial charge in [0.15, 0.2) is 23.9 Å². The lowest BCUT2D eigenvalue weighted by Gasteiger charge is -2.12. The fraction of sp³-hybridized carbons (Fsp3) is 0.286. The Hall–Kier alpha value is -3.95. The van der Waals surface area contributed by atoms with E-state index in [2.05, 4.69) is 25.6 Å². The predicted octanol–water partition coefficient (Wildman–Crippen LogP) is 2.49. The molecule has 0 radical (unpaired) electrons. The number of hydrogen-bond donors (Lipinski definition) is 1. The third-order valence-corrected chi connectivity index (χ3v) is 4.76. The molecule has 2 aromatic carbocycles. The standard InChI is InChI=1S/C21H21N5O5/c1-29-18-11-14(6-9-17(18)31-12-19(27)30-2)21(28)22-15-5-3-4-13(10-15)20-23-24-25-26(20)16-7-8-16/h3-6,9-11,16H,7-8,12H2,1-2H3,(H,22,28). The second kappa shape index (κ2) is 8.82. The van der Waals surface area contributed by atoms with Crippen LogP contribution < -0.4 is 14.8 Å². The molecule has 1 heterocycles. The molecule has 0 bridgehead atoms. The molecule has 0 spiro atoms. The van der Waals surface area contributed by atoms with Crippen molar-refractivity contribution in [3.8, 4) is 22.9 Å². The fourth-order valence-electron chi connectivity index (χ4n) is 3.01. The SMILES string of the molecule is COC(=O)COc1ccc(C(=O)Nc2cccc(-c3nnnn3C3CC3)c2)cc1OC. The Morgan fingerprint density at radius 1 is 1.13 bits per heavy atom. The van der Waals surface area contributed by atoms with Crippen LogP contribution in [0, 0.1) is 0 Å². The molecule has 10 heteroatoms. The number of nitrogens with one attached hydrogen (secondary N) is 1. The van der Waals surface area contributed by atoms with Gasteiger partial charge in [0.1, 0.15) is 0 Å². The largest absolute Gasteiger partial charge is 0.493 e. The van der Waals surface area contributed by atoms with Crippen molar-refractivity contribution in [1.82, 2.24) is 20.2 Å². The molecule has 160 valence electrons. The Balaban J connectivity index is 1.49. The van der Waals surface area contributed by atoms with E-state index in [9.17, 15) is 9.59 Å². The summed E-state index contributed by atoms with van der Waals surface area (Å²) in [6, 6.07) is 12.4. The molecule has 1 fully saturated rings. The van der Waals surface area contributed by atoms with Crippen LogP contribution >= 0.6 is 0 Å². The van der Waals surface area contributed by atoms with E-state index in [4.69, 9.17) is 9.47 Å². The number of benzene rings is 2. The lowest BCUT2D eigenvalue weighted by Crippen LogP contribution is -2.14. The monoisotopic (exact) mass is 423 g/mol. The molecule has 31 heavy (non-hydrogen) atoms. The maximum Gasteiger partial charge on any atom is 0.343 e. The normalized spacial score (nSPS) is 12.8. The lowest BCUT2D eigenvalue weighted by molar-refractivity contribution is -0.142. The highest BCUT2D eigenvalue weighted by Gasteiger charge is 2.28. The van der Waals surface area contributed by atoms with E-state index in [0.717, 1.165) is 18.4 Å². The number of aromatic nitrogens is 4. The number of ether oxygens (including phenoxy) is 3. The van der Waals surface area contributed by atoms with Gasteiger partial charge < -0.3 is 19.5 Å². The number of amides is 1. The number of methoxy groups -OCH3 is 2. The Morgan fingerprint density at radius 2 is 1.97 bits per heavy atom. The molecule has 1 aromatic heterocycles. The van der Waals surface area contributed by atoms with Gasteiger partial charge in [-0.2, -0.15) is 0 Å². The highest BCUT2D eigenvalue weighted by atomic mass is 16.6. The summed E-state index contributed by atoms with van der Waals surface area (Å²) in [6.07, 6.45) is 2.13. The second-order valence-electron chi connectivity index (χ2n) is 6.94. The Labute approximate surface area is 178 Å². The van der Waals surface area contributed by atoms with Gasteiger partial charge >= 0.3 is 5.97 Å². The quantitative estimate of drug-likeness (QED) is 0.549. The van der Waals surface area contributed by atoms with Crippen LogP contribution in [0.25, 0.3) is 11.4 Å². The number of esters is 1. The van der Waals surface area contributed by atoms with Gasteiger partial charge in [-0.15, -0.1) is 5.10 Å². The zero-order chi connectivity index (χ0) is 21.8. The lowest BCUT2D eigenvalue weighted by atomic mass is 10.1. The maximum atomic E-state index is 12.8. The minimum absolute atomic E-state index is 0.258. The van der Waals surface area contributed by atoms with Crippen LogP contribution in [0.3, 0.4) is 0 Å². The molecule has 1 saturated carbocycles. The van der Waals surface area contributed by atoms with Gasteiger partial charge in [-0.25, -0.2) is 9.48 Å².